The van der Waals surface area contributed by atoms with Crippen LogP contribution in [0.4, 0.5) is 5.13 Å². The van der Waals surface area contributed by atoms with Crippen molar-refractivity contribution in [2.24, 2.45) is 0 Å². The lowest BCUT2D eigenvalue weighted by Crippen LogP contribution is -1.98. The van der Waals surface area contributed by atoms with Gasteiger partial charge in [0.2, 0.25) is 0 Å². The average molecular weight is 248 g/mol. The van der Waals surface area contributed by atoms with Crippen LogP contribution in [-0.4, -0.2) is 16.1 Å². The molecule has 0 amide bonds. The number of carboxylic acid groups (broad SMARTS) is 1. The van der Waals surface area contributed by atoms with Gasteiger partial charge in [-0.1, -0.05) is 41.2 Å². The van der Waals surface area contributed by atoms with Gasteiger partial charge in [0.25, 0.3) is 0 Å². The molecule has 2 N–H and O–H groups in total. The van der Waals surface area contributed by atoms with Crippen LogP contribution < -0.4 is 5.32 Å². The second-order valence-corrected chi connectivity index (χ2v) is 4.71. The maximum absolute atomic E-state index is 10.7. The van der Waals surface area contributed by atoms with Crippen molar-refractivity contribution in [3.8, 4) is 0 Å². The fraction of sp³-hybridized carbons (Fsp3) is 0.167. The molecule has 4 nitrogen and oxygen atoms in total. The highest BCUT2D eigenvalue weighted by Gasteiger charge is 2.07. The number of hydrogen-bond acceptors (Lipinski definition) is 4. The van der Waals surface area contributed by atoms with Gasteiger partial charge in [-0.05, 0) is 12.5 Å². The van der Waals surface area contributed by atoms with Gasteiger partial charge in [0.1, 0.15) is 4.88 Å². The number of benzene rings is 1. The molecule has 0 unspecified atom stereocenters. The molecule has 88 valence electrons. The Labute approximate surface area is 103 Å². The van der Waals surface area contributed by atoms with E-state index in [9.17, 15) is 4.79 Å². The summed E-state index contributed by atoms with van der Waals surface area (Å²) in [6, 6.07) is 8.14. The Bertz CT molecular complexity index is 537. The molecule has 0 radical (unpaired) electrons. The van der Waals surface area contributed by atoms with Crippen LogP contribution >= 0.6 is 11.3 Å². The lowest BCUT2D eigenvalue weighted by atomic mass is 10.1. The molecular weight excluding hydrogens is 236 g/mol. The fourth-order valence-electron chi connectivity index (χ4n) is 1.45. The first-order chi connectivity index (χ1) is 8.15. The van der Waals surface area contributed by atoms with Crippen LogP contribution in [0.3, 0.4) is 0 Å². The molecule has 0 atom stereocenters. The zero-order valence-electron chi connectivity index (χ0n) is 9.30. The highest BCUT2D eigenvalue weighted by molar-refractivity contribution is 7.17. The molecule has 0 aliphatic rings. The number of thiazole rings is 1. The second kappa shape index (κ2) is 4.97. The topological polar surface area (TPSA) is 62.2 Å². The Morgan fingerprint density at radius 3 is 3.00 bits per heavy atom. The van der Waals surface area contributed by atoms with Crippen molar-refractivity contribution < 1.29 is 9.90 Å². The van der Waals surface area contributed by atoms with Gasteiger partial charge in [-0.15, -0.1) is 0 Å². The van der Waals surface area contributed by atoms with Crippen LogP contribution in [0.15, 0.2) is 30.5 Å². The number of nitrogens with zero attached hydrogens (tertiary/aromatic N) is 1. The largest absolute Gasteiger partial charge is 0.477 e. The van der Waals surface area contributed by atoms with E-state index in [1.54, 1.807) is 0 Å². The Morgan fingerprint density at radius 2 is 2.35 bits per heavy atom. The average Bonchev–Trinajstić information content (AvgIpc) is 2.75. The molecular formula is C12H12N2O2S. The van der Waals surface area contributed by atoms with Gasteiger partial charge in [0, 0.05) is 6.54 Å². The molecule has 2 aromatic rings. The molecule has 0 aliphatic heterocycles. The summed E-state index contributed by atoms with van der Waals surface area (Å²) in [6.07, 6.45) is 1.37. The van der Waals surface area contributed by atoms with Gasteiger partial charge in [0.05, 0.1) is 6.20 Å². The molecule has 0 saturated carbocycles. The van der Waals surface area contributed by atoms with E-state index in [0.29, 0.717) is 11.7 Å². The maximum atomic E-state index is 10.7. The number of aryl methyl sites for hydroxylation is 1. The van der Waals surface area contributed by atoms with E-state index >= 15 is 0 Å². The lowest BCUT2D eigenvalue weighted by molar-refractivity contribution is 0.0702. The molecule has 0 fully saturated rings. The number of anilines is 1. The molecule has 0 bridgehead atoms. The highest BCUT2D eigenvalue weighted by Crippen LogP contribution is 2.18. The summed E-state index contributed by atoms with van der Waals surface area (Å²) in [5.41, 5.74) is 2.35. The van der Waals surface area contributed by atoms with E-state index in [0.717, 1.165) is 16.9 Å². The summed E-state index contributed by atoms with van der Waals surface area (Å²) >= 11 is 1.14. The van der Waals surface area contributed by atoms with E-state index in [1.165, 1.54) is 11.8 Å². The summed E-state index contributed by atoms with van der Waals surface area (Å²) in [5, 5.41) is 12.5. The van der Waals surface area contributed by atoms with Gasteiger partial charge in [0.15, 0.2) is 5.13 Å². The first-order valence-corrected chi connectivity index (χ1v) is 5.95. The predicted octanol–water partition coefficient (Wildman–Crippen LogP) is 2.76. The standard InChI is InChI=1S/C12H12N2O2S/c1-8-3-2-4-9(5-8)6-13-12-14-7-10(17-12)11(15)16/h2-5,7H,6H2,1H3,(H,13,14)(H,15,16). The number of aromatic carboxylic acids is 1. The zero-order chi connectivity index (χ0) is 12.3. The summed E-state index contributed by atoms with van der Waals surface area (Å²) in [6.45, 7) is 2.68. The maximum Gasteiger partial charge on any atom is 0.347 e. The second-order valence-electron chi connectivity index (χ2n) is 3.68. The fourth-order valence-corrected chi connectivity index (χ4v) is 2.11. The van der Waals surface area contributed by atoms with E-state index in [-0.39, 0.29) is 4.88 Å². The lowest BCUT2D eigenvalue weighted by Gasteiger charge is -2.03. The van der Waals surface area contributed by atoms with Crippen molar-refractivity contribution in [3.63, 3.8) is 0 Å². The molecule has 1 aromatic carbocycles. The van der Waals surface area contributed by atoms with Crippen LogP contribution in [0.2, 0.25) is 0 Å². The quantitative estimate of drug-likeness (QED) is 0.873. The van der Waals surface area contributed by atoms with Crippen molar-refractivity contribution in [3.05, 3.63) is 46.5 Å². The molecule has 1 heterocycles. The van der Waals surface area contributed by atoms with E-state index < -0.39 is 5.97 Å². The summed E-state index contributed by atoms with van der Waals surface area (Å²) in [7, 11) is 0. The molecule has 5 heteroatoms. The summed E-state index contributed by atoms with van der Waals surface area (Å²) < 4.78 is 0. The third-order valence-electron chi connectivity index (χ3n) is 2.24. The molecule has 2 rings (SSSR count). The highest BCUT2D eigenvalue weighted by atomic mass is 32.1. The van der Waals surface area contributed by atoms with Gasteiger partial charge >= 0.3 is 5.97 Å². The number of hydrogen-bond donors (Lipinski definition) is 2. The first-order valence-electron chi connectivity index (χ1n) is 5.13. The monoisotopic (exact) mass is 248 g/mol. The SMILES string of the molecule is Cc1cccc(CNc2ncc(C(=O)O)s2)c1. The number of carbonyl (C=O) groups is 1. The van der Waals surface area contributed by atoms with E-state index in [4.69, 9.17) is 5.11 Å². The van der Waals surface area contributed by atoms with Gasteiger partial charge in [-0.25, -0.2) is 9.78 Å². The van der Waals surface area contributed by atoms with Crippen LogP contribution in [0.5, 0.6) is 0 Å². The predicted molar refractivity (Wildman–Crippen MR) is 67.6 cm³/mol. The third-order valence-corrected chi connectivity index (χ3v) is 3.19. The Hall–Kier alpha value is -1.88. The summed E-state index contributed by atoms with van der Waals surface area (Å²) in [4.78, 5) is 14.9. The smallest absolute Gasteiger partial charge is 0.347 e. The van der Waals surface area contributed by atoms with E-state index in [1.807, 2.05) is 25.1 Å². The van der Waals surface area contributed by atoms with Crippen LogP contribution in [0.1, 0.15) is 20.8 Å². The minimum absolute atomic E-state index is 0.247. The Morgan fingerprint density at radius 1 is 1.53 bits per heavy atom. The van der Waals surface area contributed by atoms with Crippen molar-refractivity contribution in [1.29, 1.82) is 0 Å². The Kier molecular flexibility index (Phi) is 3.39. The van der Waals surface area contributed by atoms with Crippen LogP contribution in [-0.2, 0) is 6.54 Å². The molecule has 0 saturated heterocycles. The normalized spacial score (nSPS) is 10.2. The zero-order valence-corrected chi connectivity index (χ0v) is 10.1. The number of nitrogens with one attached hydrogen (secondary N) is 1. The number of carboxylic acids is 1. The van der Waals surface area contributed by atoms with Crippen molar-refractivity contribution in [2.45, 2.75) is 13.5 Å². The molecule has 1 aromatic heterocycles. The minimum atomic E-state index is -0.939. The molecule has 17 heavy (non-hydrogen) atoms. The van der Waals surface area contributed by atoms with Crippen molar-refractivity contribution in [1.82, 2.24) is 4.98 Å². The van der Waals surface area contributed by atoms with Gasteiger partial charge < -0.3 is 10.4 Å². The number of aromatic nitrogens is 1. The Balaban J connectivity index is 2.00. The van der Waals surface area contributed by atoms with Gasteiger partial charge in [-0.2, -0.15) is 0 Å². The third kappa shape index (κ3) is 3.04. The van der Waals surface area contributed by atoms with Crippen molar-refractivity contribution >= 4 is 22.4 Å². The first kappa shape index (κ1) is 11.6. The van der Waals surface area contributed by atoms with Crippen LogP contribution in [0.25, 0.3) is 0 Å². The van der Waals surface area contributed by atoms with Gasteiger partial charge in [-0.3, -0.25) is 0 Å². The van der Waals surface area contributed by atoms with Crippen LogP contribution in [0, 0.1) is 6.92 Å². The van der Waals surface area contributed by atoms with E-state index in [2.05, 4.69) is 16.4 Å². The summed E-state index contributed by atoms with van der Waals surface area (Å²) in [5.74, 6) is -0.939. The van der Waals surface area contributed by atoms with Crippen molar-refractivity contribution in [2.75, 3.05) is 5.32 Å². The molecule has 0 aliphatic carbocycles. The number of rotatable bonds is 4. The minimum Gasteiger partial charge on any atom is -0.477 e. The molecule has 0 spiro atoms.